The summed E-state index contributed by atoms with van der Waals surface area (Å²) in [5, 5.41) is 0.806. The summed E-state index contributed by atoms with van der Waals surface area (Å²) in [7, 11) is 0. The number of fused-ring (bicyclic) bond motifs is 1. The molecule has 0 amide bonds. The minimum absolute atomic E-state index is 0.0318. The summed E-state index contributed by atoms with van der Waals surface area (Å²) in [6.45, 7) is 1.60. The molecular weight excluding hydrogens is 370 g/mol. The van der Waals surface area contributed by atoms with Gasteiger partial charge in [-0.2, -0.15) is 0 Å². The largest absolute Gasteiger partial charge is 0.489 e. The molecule has 146 valence electrons. The van der Waals surface area contributed by atoms with Crippen LogP contribution in [0.2, 0.25) is 0 Å². The molecule has 0 saturated heterocycles. The molecule has 6 nitrogen and oxygen atoms in total. The van der Waals surface area contributed by atoms with E-state index in [1.165, 1.54) is 6.26 Å². The topological polar surface area (TPSA) is 81.5 Å². The Balaban J connectivity index is 1.42. The van der Waals surface area contributed by atoms with Crippen LogP contribution in [0.5, 0.6) is 5.75 Å². The van der Waals surface area contributed by atoms with E-state index in [2.05, 4.69) is 4.98 Å². The van der Waals surface area contributed by atoms with Gasteiger partial charge in [-0.05, 0) is 31.2 Å². The molecule has 29 heavy (non-hydrogen) atoms. The van der Waals surface area contributed by atoms with Crippen molar-refractivity contribution >= 4 is 22.7 Å². The van der Waals surface area contributed by atoms with Gasteiger partial charge >= 0.3 is 5.97 Å². The van der Waals surface area contributed by atoms with Crippen LogP contribution in [-0.4, -0.2) is 23.3 Å². The normalized spacial score (nSPS) is 10.8. The van der Waals surface area contributed by atoms with Crippen LogP contribution in [0, 0.1) is 6.92 Å². The van der Waals surface area contributed by atoms with Crippen LogP contribution in [0.1, 0.15) is 32.2 Å². The molecule has 4 aromatic rings. The van der Waals surface area contributed by atoms with E-state index in [-0.39, 0.29) is 24.8 Å². The highest BCUT2D eigenvalue weighted by Gasteiger charge is 2.21. The number of aromatic nitrogens is 1. The molecule has 0 unspecified atom stereocenters. The smallest absolute Gasteiger partial charge is 0.375 e. The zero-order valence-electron chi connectivity index (χ0n) is 15.8. The molecule has 0 saturated carbocycles. The Bertz CT molecular complexity index is 1160. The van der Waals surface area contributed by atoms with Crippen molar-refractivity contribution < 1.29 is 23.5 Å². The predicted octanol–water partition coefficient (Wildman–Crippen LogP) is 4.69. The summed E-state index contributed by atoms with van der Waals surface area (Å²) in [6.07, 6.45) is 1.39. The van der Waals surface area contributed by atoms with Crippen LogP contribution in [-0.2, 0) is 11.3 Å². The van der Waals surface area contributed by atoms with Crippen molar-refractivity contribution in [3.63, 3.8) is 0 Å². The van der Waals surface area contributed by atoms with Crippen LogP contribution in [0.3, 0.4) is 0 Å². The first kappa shape index (κ1) is 18.6. The lowest BCUT2D eigenvalue weighted by Crippen LogP contribution is -2.15. The molecule has 0 radical (unpaired) electrons. The van der Waals surface area contributed by atoms with Crippen LogP contribution in [0.15, 0.2) is 71.3 Å². The number of rotatable bonds is 7. The van der Waals surface area contributed by atoms with E-state index in [1.54, 1.807) is 6.07 Å². The first-order valence-electron chi connectivity index (χ1n) is 9.15. The van der Waals surface area contributed by atoms with Gasteiger partial charge in [-0.25, -0.2) is 4.79 Å². The van der Waals surface area contributed by atoms with E-state index in [1.807, 2.05) is 61.5 Å². The number of hydrogen-bond donors (Lipinski definition) is 1. The number of ketones is 1. The molecule has 0 aliphatic heterocycles. The van der Waals surface area contributed by atoms with E-state index >= 15 is 0 Å². The summed E-state index contributed by atoms with van der Waals surface area (Å²) in [5.74, 6) is -0.267. The Kier molecular flexibility index (Phi) is 5.16. The maximum absolute atomic E-state index is 12.7. The van der Waals surface area contributed by atoms with Crippen molar-refractivity contribution in [3.8, 4) is 5.75 Å². The second-order valence-electron chi connectivity index (χ2n) is 6.55. The molecule has 0 aliphatic rings. The quantitative estimate of drug-likeness (QED) is 0.366. The lowest BCUT2D eigenvalue weighted by atomic mass is 10.1. The second kappa shape index (κ2) is 8.06. The third-order valence-corrected chi connectivity index (χ3v) is 4.58. The number of ether oxygens (including phenoxy) is 2. The van der Waals surface area contributed by atoms with Gasteiger partial charge in [0.1, 0.15) is 12.4 Å². The number of esters is 1. The van der Waals surface area contributed by atoms with Crippen LogP contribution in [0.4, 0.5) is 0 Å². The molecule has 0 aliphatic carbocycles. The Labute approximate surface area is 167 Å². The Morgan fingerprint density at radius 3 is 2.59 bits per heavy atom. The number of benzene rings is 2. The molecule has 0 fully saturated rings. The SMILES string of the molecule is Cc1[nH]c2ccccc2c1C(=O)COC(=O)c1occc1COc1ccccc1. The molecule has 0 atom stereocenters. The van der Waals surface area contributed by atoms with Crippen LogP contribution < -0.4 is 4.74 Å². The van der Waals surface area contributed by atoms with Crippen molar-refractivity contribution in [1.82, 2.24) is 4.98 Å². The minimum Gasteiger partial charge on any atom is -0.489 e. The van der Waals surface area contributed by atoms with Gasteiger partial charge < -0.3 is 18.9 Å². The molecule has 1 N–H and O–H groups in total. The number of H-pyrrole nitrogens is 1. The minimum atomic E-state index is -0.701. The average Bonchev–Trinajstić information content (AvgIpc) is 3.34. The van der Waals surface area contributed by atoms with E-state index in [0.717, 1.165) is 16.6 Å². The summed E-state index contributed by atoms with van der Waals surface area (Å²) >= 11 is 0. The lowest BCUT2D eigenvalue weighted by molar-refractivity contribution is 0.0441. The Hall–Kier alpha value is -3.80. The first-order chi connectivity index (χ1) is 14.1. The predicted molar refractivity (Wildman–Crippen MR) is 107 cm³/mol. The maximum Gasteiger partial charge on any atom is 0.375 e. The summed E-state index contributed by atoms with van der Waals surface area (Å²) in [4.78, 5) is 28.3. The molecule has 6 heteroatoms. The van der Waals surface area contributed by atoms with Gasteiger partial charge in [0.2, 0.25) is 11.5 Å². The number of furan rings is 1. The first-order valence-corrected chi connectivity index (χ1v) is 9.15. The standard InChI is InChI=1S/C23H19NO5/c1-15-21(18-9-5-6-10-19(18)24-15)20(25)14-29-23(26)22-16(11-12-27-22)13-28-17-7-3-2-4-8-17/h2-12,24H,13-14H2,1H3. The Morgan fingerprint density at radius 1 is 1.00 bits per heavy atom. The van der Waals surface area contributed by atoms with Gasteiger partial charge in [0.25, 0.3) is 0 Å². The third-order valence-electron chi connectivity index (χ3n) is 4.58. The van der Waals surface area contributed by atoms with E-state index < -0.39 is 5.97 Å². The van der Waals surface area contributed by atoms with E-state index in [0.29, 0.717) is 16.9 Å². The zero-order valence-corrected chi connectivity index (χ0v) is 15.8. The van der Waals surface area contributed by atoms with Crippen molar-refractivity contribution in [2.24, 2.45) is 0 Å². The molecule has 0 spiro atoms. The van der Waals surface area contributed by atoms with Gasteiger partial charge in [-0.3, -0.25) is 4.79 Å². The van der Waals surface area contributed by atoms with Gasteiger partial charge in [0.15, 0.2) is 6.61 Å². The van der Waals surface area contributed by atoms with Crippen LogP contribution >= 0.6 is 0 Å². The molecule has 0 bridgehead atoms. The molecular formula is C23H19NO5. The highest BCUT2D eigenvalue weighted by atomic mass is 16.5. The Morgan fingerprint density at radius 2 is 1.76 bits per heavy atom. The highest BCUT2D eigenvalue weighted by molar-refractivity contribution is 6.10. The number of Topliss-reactive ketones (excluding diaryl/α,β-unsaturated/α-hetero) is 1. The fourth-order valence-electron chi connectivity index (χ4n) is 3.21. The summed E-state index contributed by atoms with van der Waals surface area (Å²) in [5.41, 5.74) is 2.68. The molecule has 4 rings (SSSR count). The molecule has 2 heterocycles. The van der Waals surface area contributed by atoms with Crippen LogP contribution in [0.25, 0.3) is 10.9 Å². The van der Waals surface area contributed by atoms with Crippen molar-refractivity contribution in [2.45, 2.75) is 13.5 Å². The van der Waals surface area contributed by atoms with Gasteiger partial charge in [-0.1, -0.05) is 36.4 Å². The number of carbonyl (C=O) groups is 2. The fraction of sp³-hybridized carbons (Fsp3) is 0.130. The van der Waals surface area contributed by atoms with Gasteiger partial charge in [0.05, 0.1) is 6.26 Å². The molecule has 2 aromatic carbocycles. The monoisotopic (exact) mass is 389 g/mol. The summed E-state index contributed by atoms with van der Waals surface area (Å²) < 4.78 is 16.1. The number of nitrogens with one attached hydrogen (secondary N) is 1. The maximum atomic E-state index is 12.7. The number of carbonyl (C=O) groups excluding carboxylic acids is 2. The second-order valence-corrected chi connectivity index (χ2v) is 6.55. The molecule has 2 aromatic heterocycles. The van der Waals surface area contributed by atoms with Crippen molar-refractivity contribution in [3.05, 3.63) is 89.5 Å². The van der Waals surface area contributed by atoms with Gasteiger partial charge in [-0.15, -0.1) is 0 Å². The fourth-order valence-corrected chi connectivity index (χ4v) is 3.21. The number of para-hydroxylation sites is 2. The van der Waals surface area contributed by atoms with Gasteiger partial charge in [0, 0.05) is 27.7 Å². The van der Waals surface area contributed by atoms with Crippen molar-refractivity contribution in [2.75, 3.05) is 6.61 Å². The number of aromatic amines is 1. The number of hydrogen-bond acceptors (Lipinski definition) is 5. The average molecular weight is 389 g/mol. The zero-order chi connectivity index (χ0) is 20.2. The third kappa shape index (κ3) is 3.91. The summed E-state index contributed by atoms with van der Waals surface area (Å²) in [6, 6.07) is 18.4. The van der Waals surface area contributed by atoms with Crippen molar-refractivity contribution in [1.29, 1.82) is 0 Å². The number of aryl methyl sites for hydroxylation is 1. The van der Waals surface area contributed by atoms with E-state index in [4.69, 9.17) is 13.9 Å². The van der Waals surface area contributed by atoms with E-state index in [9.17, 15) is 9.59 Å². The highest BCUT2D eigenvalue weighted by Crippen LogP contribution is 2.23. The lowest BCUT2D eigenvalue weighted by Gasteiger charge is -2.07.